The molecular weight excluding hydrogens is 339 g/mol. The quantitative estimate of drug-likeness (QED) is 0.822. The number of carbonyl (C=O) groups excluding carboxylic acids is 1. The smallest absolute Gasteiger partial charge is 0.233 e. The van der Waals surface area contributed by atoms with Gasteiger partial charge in [0.2, 0.25) is 5.91 Å². The van der Waals surface area contributed by atoms with Crippen molar-refractivity contribution in [3.05, 3.63) is 30.1 Å². The molecule has 1 amide bonds. The molecule has 7 heteroatoms. The number of amides is 1. The average molecular weight is 362 g/mol. The first-order valence-electron chi connectivity index (χ1n) is 8.45. The van der Waals surface area contributed by atoms with Gasteiger partial charge in [-0.25, -0.2) is 4.39 Å². The minimum atomic E-state index is -0.313. The summed E-state index contributed by atoms with van der Waals surface area (Å²) < 4.78 is 16.1. The summed E-state index contributed by atoms with van der Waals surface area (Å²) in [7, 11) is 0. The van der Waals surface area contributed by atoms with Crippen molar-refractivity contribution in [2.24, 2.45) is 0 Å². The SMILES string of the molecule is CC(Sc1nnc(-c2ccccc2F)n1C1CC1)C(=O)NC(C)(C)C. The van der Waals surface area contributed by atoms with E-state index in [4.69, 9.17) is 0 Å². The molecule has 0 radical (unpaired) electrons. The highest BCUT2D eigenvalue weighted by atomic mass is 32.2. The van der Waals surface area contributed by atoms with Gasteiger partial charge in [0.25, 0.3) is 0 Å². The van der Waals surface area contributed by atoms with Crippen LogP contribution in [0.15, 0.2) is 29.4 Å². The molecule has 25 heavy (non-hydrogen) atoms. The van der Waals surface area contributed by atoms with Gasteiger partial charge in [-0.05, 0) is 52.7 Å². The Morgan fingerprint density at radius 3 is 2.60 bits per heavy atom. The maximum absolute atomic E-state index is 14.2. The monoisotopic (exact) mass is 362 g/mol. The Morgan fingerprint density at radius 2 is 2.00 bits per heavy atom. The Bertz CT molecular complexity index is 780. The van der Waals surface area contributed by atoms with E-state index in [1.165, 1.54) is 17.8 Å². The molecule has 0 saturated heterocycles. The molecule has 0 bridgehead atoms. The highest BCUT2D eigenvalue weighted by Gasteiger charge is 2.32. The number of carbonyl (C=O) groups is 1. The molecule has 1 N–H and O–H groups in total. The van der Waals surface area contributed by atoms with Crippen molar-refractivity contribution in [2.45, 2.75) is 62.5 Å². The molecule has 1 heterocycles. The van der Waals surface area contributed by atoms with Crippen LogP contribution in [0.1, 0.15) is 46.6 Å². The first-order valence-corrected chi connectivity index (χ1v) is 9.33. The molecule has 1 unspecified atom stereocenters. The lowest BCUT2D eigenvalue weighted by Gasteiger charge is -2.23. The molecule has 1 aromatic carbocycles. The van der Waals surface area contributed by atoms with Crippen molar-refractivity contribution in [3.8, 4) is 11.4 Å². The molecule has 3 rings (SSSR count). The van der Waals surface area contributed by atoms with Crippen LogP contribution in [-0.2, 0) is 4.79 Å². The van der Waals surface area contributed by atoms with Gasteiger partial charge in [-0.2, -0.15) is 0 Å². The van der Waals surface area contributed by atoms with Gasteiger partial charge in [-0.3, -0.25) is 9.36 Å². The maximum Gasteiger partial charge on any atom is 0.233 e. The predicted octanol–water partition coefficient (Wildman–Crippen LogP) is 3.81. The summed E-state index contributed by atoms with van der Waals surface area (Å²) in [6.07, 6.45) is 2.05. The summed E-state index contributed by atoms with van der Waals surface area (Å²) >= 11 is 1.36. The van der Waals surface area contributed by atoms with Crippen LogP contribution < -0.4 is 5.32 Å². The molecule has 1 fully saturated rings. The van der Waals surface area contributed by atoms with Crippen molar-refractivity contribution in [1.82, 2.24) is 20.1 Å². The van der Waals surface area contributed by atoms with Crippen molar-refractivity contribution in [3.63, 3.8) is 0 Å². The minimum absolute atomic E-state index is 0.0460. The average Bonchev–Trinajstić information content (AvgIpc) is 3.27. The Hall–Kier alpha value is -1.89. The zero-order valence-electron chi connectivity index (χ0n) is 14.9. The van der Waals surface area contributed by atoms with Gasteiger partial charge < -0.3 is 5.32 Å². The van der Waals surface area contributed by atoms with E-state index in [9.17, 15) is 9.18 Å². The number of nitrogens with one attached hydrogen (secondary N) is 1. The molecule has 2 aromatic rings. The molecule has 1 aliphatic rings. The third-order valence-electron chi connectivity index (χ3n) is 3.84. The van der Waals surface area contributed by atoms with Gasteiger partial charge in [0.1, 0.15) is 5.82 Å². The van der Waals surface area contributed by atoms with Gasteiger partial charge in [0.05, 0.1) is 10.8 Å². The van der Waals surface area contributed by atoms with Gasteiger partial charge in [0.15, 0.2) is 11.0 Å². The Kier molecular flexibility index (Phi) is 4.86. The van der Waals surface area contributed by atoms with E-state index in [2.05, 4.69) is 15.5 Å². The zero-order chi connectivity index (χ0) is 18.2. The standard InChI is InChI=1S/C18H23FN4OS/c1-11(16(24)20-18(2,3)4)25-17-22-21-15(23(17)12-9-10-12)13-7-5-6-8-14(13)19/h5-8,11-12H,9-10H2,1-4H3,(H,20,24). The van der Waals surface area contributed by atoms with E-state index in [-0.39, 0.29) is 28.6 Å². The fraction of sp³-hybridized carbons (Fsp3) is 0.500. The fourth-order valence-electron chi connectivity index (χ4n) is 2.53. The number of benzene rings is 1. The molecule has 1 aliphatic carbocycles. The number of aromatic nitrogens is 3. The molecule has 5 nitrogen and oxygen atoms in total. The second-order valence-electron chi connectivity index (χ2n) is 7.39. The number of thioether (sulfide) groups is 1. The van der Waals surface area contributed by atoms with Crippen LogP contribution >= 0.6 is 11.8 Å². The van der Waals surface area contributed by atoms with Crippen LogP contribution in [0.4, 0.5) is 4.39 Å². The lowest BCUT2D eigenvalue weighted by molar-refractivity contribution is -0.121. The first-order chi connectivity index (χ1) is 11.8. The van der Waals surface area contributed by atoms with E-state index in [0.29, 0.717) is 16.5 Å². The molecule has 0 aliphatic heterocycles. The van der Waals surface area contributed by atoms with Crippen molar-refractivity contribution in [2.75, 3.05) is 0 Å². The number of nitrogens with zero attached hydrogens (tertiary/aromatic N) is 3. The maximum atomic E-state index is 14.2. The van der Waals surface area contributed by atoms with E-state index >= 15 is 0 Å². The minimum Gasteiger partial charge on any atom is -0.351 e. The Labute approximate surface area is 151 Å². The molecule has 1 atom stereocenters. The third-order valence-corrected chi connectivity index (χ3v) is 4.90. The van der Waals surface area contributed by atoms with Crippen LogP contribution in [0.5, 0.6) is 0 Å². The molecule has 1 saturated carbocycles. The zero-order valence-corrected chi connectivity index (χ0v) is 15.7. The van der Waals surface area contributed by atoms with Crippen LogP contribution in [0.3, 0.4) is 0 Å². The van der Waals surface area contributed by atoms with Gasteiger partial charge >= 0.3 is 0 Å². The van der Waals surface area contributed by atoms with Gasteiger partial charge in [0, 0.05) is 11.6 Å². The summed E-state index contributed by atoms with van der Waals surface area (Å²) in [4.78, 5) is 12.3. The van der Waals surface area contributed by atoms with Crippen LogP contribution in [0, 0.1) is 5.82 Å². The third kappa shape index (κ3) is 4.21. The number of halogens is 1. The summed E-state index contributed by atoms with van der Waals surface area (Å²) in [6, 6.07) is 6.86. The summed E-state index contributed by atoms with van der Waals surface area (Å²) in [5, 5.41) is 11.8. The summed E-state index contributed by atoms with van der Waals surface area (Å²) in [6.45, 7) is 7.70. The second-order valence-corrected chi connectivity index (χ2v) is 8.69. The molecule has 0 spiro atoms. The second kappa shape index (κ2) is 6.78. The first kappa shape index (κ1) is 17.9. The largest absolute Gasteiger partial charge is 0.351 e. The van der Waals surface area contributed by atoms with E-state index in [1.54, 1.807) is 18.2 Å². The fourth-order valence-corrected chi connectivity index (χ4v) is 3.45. The van der Waals surface area contributed by atoms with Crippen LogP contribution in [0.25, 0.3) is 11.4 Å². The summed E-state index contributed by atoms with van der Waals surface area (Å²) in [5.74, 6) is 0.175. The molecule has 134 valence electrons. The van der Waals surface area contributed by atoms with Crippen molar-refractivity contribution < 1.29 is 9.18 Å². The lowest BCUT2D eigenvalue weighted by Crippen LogP contribution is -2.44. The molecular formula is C18H23FN4OS. The van der Waals surface area contributed by atoms with Gasteiger partial charge in [-0.15, -0.1) is 10.2 Å². The highest BCUT2D eigenvalue weighted by Crippen LogP contribution is 2.42. The van der Waals surface area contributed by atoms with E-state index in [0.717, 1.165) is 12.8 Å². The topological polar surface area (TPSA) is 59.8 Å². The Balaban J connectivity index is 1.86. The number of hydrogen-bond donors (Lipinski definition) is 1. The normalized spacial score (nSPS) is 15.9. The lowest BCUT2D eigenvalue weighted by atomic mass is 10.1. The van der Waals surface area contributed by atoms with Gasteiger partial charge in [-0.1, -0.05) is 23.9 Å². The van der Waals surface area contributed by atoms with Crippen LogP contribution in [-0.4, -0.2) is 31.5 Å². The predicted molar refractivity (Wildman–Crippen MR) is 96.9 cm³/mol. The van der Waals surface area contributed by atoms with Crippen molar-refractivity contribution in [1.29, 1.82) is 0 Å². The number of rotatable bonds is 5. The van der Waals surface area contributed by atoms with Crippen LogP contribution in [0.2, 0.25) is 0 Å². The van der Waals surface area contributed by atoms with Crippen molar-refractivity contribution >= 4 is 17.7 Å². The molecule has 1 aromatic heterocycles. The number of hydrogen-bond acceptors (Lipinski definition) is 4. The van der Waals surface area contributed by atoms with E-state index in [1.807, 2.05) is 32.3 Å². The Morgan fingerprint density at radius 1 is 1.32 bits per heavy atom. The van der Waals surface area contributed by atoms with E-state index < -0.39 is 0 Å². The highest BCUT2D eigenvalue weighted by molar-refractivity contribution is 8.00. The summed E-state index contributed by atoms with van der Waals surface area (Å²) in [5.41, 5.74) is 0.162.